The van der Waals surface area contributed by atoms with Gasteiger partial charge < -0.3 is 16.0 Å². The lowest BCUT2D eigenvalue weighted by molar-refractivity contribution is 0.616. The fourth-order valence-electron chi connectivity index (χ4n) is 2.58. The molecule has 0 saturated carbocycles. The Morgan fingerprint density at radius 2 is 2.05 bits per heavy atom. The molecule has 0 spiro atoms. The van der Waals surface area contributed by atoms with Gasteiger partial charge in [0.05, 0.1) is 5.69 Å². The molecule has 0 bridgehead atoms. The highest BCUT2D eigenvalue weighted by atomic mass is 15.2. The summed E-state index contributed by atoms with van der Waals surface area (Å²) in [5, 5.41) is 3.31. The van der Waals surface area contributed by atoms with Crippen LogP contribution in [-0.4, -0.2) is 36.1 Å². The Morgan fingerprint density at radius 1 is 1.25 bits per heavy atom. The molecule has 0 radical (unpaired) electrons. The van der Waals surface area contributed by atoms with Gasteiger partial charge in [-0.3, -0.25) is 0 Å². The van der Waals surface area contributed by atoms with Gasteiger partial charge in [-0.1, -0.05) is 30.3 Å². The number of aromatic nitrogens is 2. The molecular weight excluding hydrogens is 250 g/mol. The fraction of sp³-hybridized carbons (Fsp3) is 0.333. The average molecular weight is 269 g/mol. The van der Waals surface area contributed by atoms with Gasteiger partial charge in [-0.2, -0.15) is 4.98 Å². The van der Waals surface area contributed by atoms with Crippen molar-refractivity contribution in [1.82, 2.24) is 15.3 Å². The highest BCUT2D eigenvalue weighted by molar-refractivity contribution is 5.64. The van der Waals surface area contributed by atoms with E-state index in [9.17, 15) is 0 Å². The van der Waals surface area contributed by atoms with E-state index in [0.29, 0.717) is 12.0 Å². The Kier molecular flexibility index (Phi) is 3.52. The van der Waals surface area contributed by atoms with Crippen molar-refractivity contribution in [2.75, 3.05) is 30.8 Å². The molecule has 3 rings (SSSR count). The number of nitrogen functional groups attached to an aromatic ring is 1. The maximum Gasteiger partial charge on any atom is 0.222 e. The maximum atomic E-state index is 5.87. The third-order valence-electron chi connectivity index (χ3n) is 3.72. The third-order valence-corrected chi connectivity index (χ3v) is 3.72. The Labute approximate surface area is 118 Å². The Morgan fingerprint density at radius 3 is 2.75 bits per heavy atom. The van der Waals surface area contributed by atoms with Crippen LogP contribution in [0, 0.1) is 0 Å². The van der Waals surface area contributed by atoms with E-state index < -0.39 is 0 Å². The number of hydrogen-bond donors (Lipinski definition) is 2. The van der Waals surface area contributed by atoms with E-state index in [1.165, 1.54) is 0 Å². The quantitative estimate of drug-likeness (QED) is 0.884. The second-order valence-corrected chi connectivity index (χ2v) is 5.06. The van der Waals surface area contributed by atoms with Crippen LogP contribution in [0.2, 0.25) is 0 Å². The fourth-order valence-corrected chi connectivity index (χ4v) is 2.58. The zero-order chi connectivity index (χ0) is 13.9. The lowest BCUT2D eigenvalue weighted by atomic mass is 10.1. The summed E-state index contributed by atoms with van der Waals surface area (Å²) >= 11 is 0. The standard InChI is InChI=1S/C15H19N5/c1-17-12-7-8-20(10-12)14-9-13(18-15(16)19-14)11-5-3-2-4-6-11/h2-6,9,12,17H,7-8,10H2,1H3,(H2,16,18,19)/t12-/m1/s1. The van der Waals surface area contributed by atoms with Crippen LogP contribution in [0.3, 0.4) is 0 Å². The van der Waals surface area contributed by atoms with Crippen molar-refractivity contribution in [3.8, 4) is 11.3 Å². The molecule has 104 valence electrons. The van der Waals surface area contributed by atoms with Crippen molar-refractivity contribution in [2.45, 2.75) is 12.5 Å². The lowest BCUT2D eigenvalue weighted by Gasteiger charge is -2.18. The van der Waals surface area contributed by atoms with Crippen molar-refractivity contribution in [2.24, 2.45) is 0 Å². The van der Waals surface area contributed by atoms with E-state index in [2.05, 4.69) is 20.2 Å². The summed E-state index contributed by atoms with van der Waals surface area (Å²) in [5.74, 6) is 1.24. The summed E-state index contributed by atoms with van der Waals surface area (Å²) in [6.07, 6.45) is 1.13. The molecule has 5 nitrogen and oxygen atoms in total. The first-order valence-corrected chi connectivity index (χ1v) is 6.88. The summed E-state index contributed by atoms with van der Waals surface area (Å²) in [6.45, 7) is 1.96. The van der Waals surface area contributed by atoms with Crippen LogP contribution in [0.1, 0.15) is 6.42 Å². The molecular formula is C15H19N5. The smallest absolute Gasteiger partial charge is 0.222 e. The van der Waals surface area contributed by atoms with Gasteiger partial charge in [-0.25, -0.2) is 4.98 Å². The lowest BCUT2D eigenvalue weighted by Crippen LogP contribution is -2.30. The van der Waals surface area contributed by atoms with E-state index in [0.717, 1.165) is 36.6 Å². The zero-order valence-corrected chi connectivity index (χ0v) is 11.6. The second kappa shape index (κ2) is 5.46. The molecule has 2 heterocycles. The van der Waals surface area contributed by atoms with Gasteiger partial charge in [0.25, 0.3) is 0 Å². The van der Waals surface area contributed by atoms with Crippen molar-refractivity contribution in [3.05, 3.63) is 36.4 Å². The predicted molar refractivity (Wildman–Crippen MR) is 81.6 cm³/mol. The van der Waals surface area contributed by atoms with Crippen molar-refractivity contribution < 1.29 is 0 Å². The largest absolute Gasteiger partial charge is 0.368 e. The molecule has 0 amide bonds. The monoisotopic (exact) mass is 269 g/mol. The number of hydrogen-bond acceptors (Lipinski definition) is 5. The average Bonchev–Trinajstić information content (AvgIpc) is 2.96. The Balaban J connectivity index is 1.92. The van der Waals surface area contributed by atoms with Crippen LogP contribution in [0.4, 0.5) is 11.8 Å². The van der Waals surface area contributed by atoms with Crippen LogP contribution in [0.5, 0.6) is 0 Å². The van der Waals surface area contributed by atoms with Gasteiger partial charge in [-0.15, -0.1) is 0 Å². The number of likely N-dealkylation sites (N-methyl/N-ethyl adjacent to an activating group) is 1. The van der Waals surface area contributed by atoms with Gasteiger partial charge >= 0.3 is 0 Å². The van der Waals surface area contributed by atoms with Crippen molar-refractivity contribution >= 4 is 11.8 Å². The zero-order valence-electron chi connectivity index (χ0n) is 11.6. The molecule has 5 heteroatoms. The molecule has 1 aromatic carbocycles. The maximum absolute atomic E-state index is 5.87. The number of rotatable bonds is 3. The van der Waals surface area contributed by atoms with Gasteiger partial charge in [-0.05, 0) is 13.5 Å². The SMILES string of the molecule is CN[C@@H]1CCN(c2cc(-c3ccccc3)nc(N)n2)C1. The first kappa shape index (κ1) is 12.9. The molecule has 2 aromatic rings. The van der Waals surface area contributed by atoms with Crippen LogP contribution in [0.15, 0.2) is 36.4 Å². The molecule has 1 aromatic heterocycles. The van der Waals surface area contributed by atoms with Gasteiger partial charge in [0.15, 0.2) is 0 Å². The van der Waals surface area contributed by atoms with Crippen LogP contribution in [0.25, 0.3) is 11.3 Å². The van der Waals surface area contributed by atoms with Crippen molar-refractivity contribution in [3.63, 3.8) is 0 Å². The van der Waals surface area contributed by atoms with Crippen LogP contribution < -0.4 is 16.0 Å². The topological polar surface area (TPSA) is 67.1 Å². The molecule has 1 aliphatic rings. The minimum Gasteiger partial charge on any atom is -0.368 e. The molecule has 0 aliphatic carbocycles. The van der Waals surface area contributed by atoms with E-state index in [1.807, 2.05) is 43.4 Å². The summed E-state index contributed by atoms with van der Waals surface area (Å²) in [7, 11) is 2.00. The highest BCUT2D eigenvalue weighted by Gasteiger charge is 2.22. The predicted octanol–water partition coefficient (Wildman–Crippen LogP) is 1.52. The number of nitrogens with zero attached hydrogens (tertiary/aromatic N) is 3. The van der Waals surface area contributed by atoms with E-state index in [4.69, 9.17) is 5.73 Å². The van der Waals surface area contributed by atoms with E-state index in [1.54, 1.807) is 0 Å². The molecule has 1 fully saturated rings. The van der Waals surface area contributed by atoms with Gasteiger partial charge in [0.1, 0.15) is 5.82 Å². The Hall–Kier alpha value is -2.14. The Bertz CT molecular complexity index is 584. The summed E-state index contributed by atoms with van der Waals surface area (Å²) in [6, 6.07) is 12.6. The normalized spacial score (nSPS) is 18.4. The number of benzene rings is 1. The van der Waals surface area contributed by atoms with Crippen molar-refractivity contribution in [1.29, 1.82) is 0 Å². The minimum atomic E-state index is 0.328. The first-order valence-electron chi connectivity index (χ1n) is 6.88. The number of nitrogens with one attached hydrogen (secondary N) is 1. The summed E-state index contributed by atoms with van der Waals surface area (Å²) in [5.41, 5.74) is 7.81. The number of anilines is 2. The minimum absolute atomic E-state index is 0.328. The van der Waals surface area contributed by atoms with Crippen LogP contribution in [-0.2, 0) is 0 Å². The molecule has 1 aliphatic heterocycles. The molecule has 0 unspecified atom stereocenters. The summed E-state index contributed by atoms with van der Waals surface area (Å²) < 4.78 is 0. The second-order valence-electron chi connectivity index (χ2n) is 5.06. The molecule has 20 heavy (non-hydrogen) atoms. The molecule has 3 N–H and O–H groups in total. The first-order chi connectivity index (χ1) is 9.76. The van der Waals surface area contributed by atoms with Gasteiger partial charge in [0, 0.05) is 30.8 Å². The van der Waals surface area contributed by atoms with E-state index >= 15 is 0 Å². The summed E-state index contributed by atoms with van der Waals surface area (Å²) in [4.78, 5) is 11.0. The van der Waals surface area contributed by atoms with Crippen LogP contribution >= 0.6 is 0 Å². The molecule has 1 atom stereocenters. The third kappa shape index (κ3) is 2.58. The van der Waals surface area contributed by atoms with Gasteiger partial charge in [0.2, 0.25) is 5.95 Å². The highest BCUT2D eigenvalue weighted by Crippen LogP contribution is 2.24. The van der Waals surface area contributed by atoms with E-state index in [-0.39, 0.29) is 0 Å². The molecule has 1 saturated heterocycles. The number of nitrogens with two attached hydrogens (primary N) is 1.